The van der Waals surface area contributed by atoms with Crippen LogP contribution in [0.4, 0.5) is 17.1 Å². The number of aromatic nitrogens is 1. The Morgan fingerprint density at radius 2 is 1.21 bits per heavy atom. The second-order valence-corrected chi connectivity index (χ2v) is 11.6. The molecule has 0 atom stereocenters. The maximum Gasteiger partial charge on any atom is 0.150 e. The Morgan fingerprint density at radius 1 is 0.628 bits per heavy atom. The molecular formula is C39H30N2OS. The molecule has 0 fully saturated rings. The summed E-state index contributed by atoms with van der Waals surface area (Å²) in [7, 11) is 0. The van der Waals surface area contributed by atoms with Crippen molar-refractivity contribution in [3.05, 3.63) is 149 Å². The van der Waals surface area contributed by atoms with Crippen molar-refractivity contribution in [2.75, 3.05) is 4.90 Å². The van der Waals surface area contributed by atoms with E-state index in [0.29, 0.717) is 5.56 Å². The maximum absolute atomic E-state index is 11.4. The number of para-hydroxylation sites is 2. The number of carbonyl (C=O) groups excluding carboxylic acids is 1. The van der Waals surface area contributed by atoms with Crippen LogP contribution in [0, 0.1) is 0 Å². The van der Waals surface area contributed by atoms with Gasteiger partial charge in [0, 0.05) is 60.7 Å². The summed E-state index contributed by atoms with van der Waals surface area (Å²) in [4.78, 5) is 16.2. The number of hydrogen-bond donors (Lipinski definition) is 0. The normalized spacial score (nSPS) is 11.5. The molecule has 0 N–H and O–H groups in total. The first-order chi connectivity index (χ1) is 21.2. The molecule has 0 aliphatic heterocycles. The van der Waals surface area contributed by atoms with E-state index in [4.69, 9.17) is 0 Å². The van der Waals surface area contributed by atoms with Crippen molar-refractivity contribution in [2.24, 2.45) is 0 Å². The molecule has 7 aromatic rings. The van der Waals surface area contributed by atoms with Crippen LogP contribution in [0.3, 0.4) is 0 Å². The number of fused-ring (bicyclic) bond motifs is 3. The van der Waals surface area contributed by atoms with E-state index >= 15 is 0 Å². The lowest BCUT2D eigenvalue weighted by atomic mass is 10.1. The van der Waals surface area contributed by atoms with Gasteiger partial charge in [-0.2, -0.15) is 0 Å². The molecule has 0 amide bonds. The van der Waals surface area contributed by atoms with Gasteiger partial charge in [0.1, 0.15) is 6.29 Å². The third-order valence-electron chi connectivity index (χ3n) is 7.87. The van der Waals surface area contributed by atoms with Crippen LogP contribution in [0.25, 0.3) is 44.4 Å². The fraction of sp³-hybridized carbons (Fsp3) is 0.0513. The molecule has 2 aromatic heterocycles. The number of rotatable bonds is 8. The summed E-state index contributed by atoms with van der Waals surface area (Å²) in [6, 6.07) is 46.7. The summed E-state index contributed by atoms with van der Waals surface area (Å²) >= 11 is 1.79. The molecule has 0 radical (unpaired) electrons. The van der Waals surface area contributed by atoms with Crippen molar-refractivity contribution in [3.8, 4) is 10.4 Å². The molecule has 2 heterocycles. The van der Waals surface area contributed by atoms with Gasteiger partial charge in [-0.3, -0.25) is 4.79 Å². The molecule has 43 heavy (non-hydrogen) atoms. The van der Waals surface area contributed by atoms with Crippen LogP contribution in [0.5, 0.6) is 0 Å². The second kappa shape index (κ2) is 11.6. The highest BCUT2D eigenvalue weighted by Crippen LogP contribution is 2.37. The lowest BCUT2D eigenvalue weighted by Crippen LogP contribution is -2.09. The highest BCUT2D eigenvalue weighted by atomic mass is 32.1. The number of benzene rings is 5. The average molecular weight is 575 g/mol. The zero-order chi connectivity index (χ0) is 29.2. The van der Waals surface area contributed by atoms with E-state index in [1.807, 2.05) is 24.3 Å². The quantitative estimate of drug-likeness (QED) is 0.169. The zero-order valence-corrected chi connectivity index (χ0v) is 24.7. The van der Waals surface area contributed by atoms with Gasteiger partial charge in [0.05, 0.1) is 0 Å². The lowest BCUT2D eigenvalue weighted by Gasteiger charge is -2.25. The lowest BCUT2D eigenvalue weighted by molar-refractivity contribution is 0.112. The smallest absolute Gasteiger partial charge is 0.150 e. The van der Waals surface area contributed by atoms with Gasteiger partial charge < -0.3 is 9.47 Å². The first kappa shape index (κ1) is 26.7. The number of aryl methyl sites for hydroxylation is 1. The first-order valence-electron chi connectivity index (χ1n) is 14.5. The minimum Gasteiger partial charge on any atom is -0.341 e. The summed E-state index contributed by atoms with van der Waals surface area (Å²) in [5, 5.41) is 2.30. The van der Waals surface area contributed by atoms with Crippen LogP contribution in [0.2, 0.25) is 0 Å². The summed E-state index contributed by atoms with van der Waals surface area (Å²) in [5.74, 6) is 0. The van der Waals surface area contributed by atoms with Crippen LogP contribution in [-0.2, 0) is 6.54 Å². The van der Waals surface area contributed by atoms with E-state index in [2.05, 4.69) is 138 Å². The van der Waals surface area contributed by atoms with Gasteiger partial charge >= 0.3 is 0 Å². The van der Waals surface area contributed by atoms with Crippen molar-refractivity contribution in [3.63, 3.8) is 0 Å². The van der Waals surface area contributed by atoms with Gasteiger partial charge in [-0.25, -0.2) is 0 Å². The van der Waals surface area contributed by atoms with Crippen molar-refractivity contribution >= 4 is 68.6 Å². The van der Waals surface area contributed by atoms with Gasteiger partial charge in [0.2, 0.25) is 0 Å². The predicted octanol–water partition coefficient (Wildman–Crippen LogP) is 11.0. The van der Waals surface area contributed by atoms with Gasteiger partial charge in [-0.15, -0.1) is 11.3 Å². The van der Waals surface area contributed by atoms with E-state index in [1.165, 1.54) is 26.2 Å². The molecule has 0 aliphatic carbocycles. The fourth-order valence-electron chi connectivity index (χ4n) is 5.81. The van der Waals surface area contributed by atoms with Crippen LogP contribution in [0.15, 0.2) is 133 Å². The van der Waals surface area contributed by atoms with Crippen LogP contribution in [-0.4, -0.2) is 10.9 Å². The molecule has 7 rings (SSSR count). The van der Waals surface area contributed by atoms with Crippen molar-refractivity contribution < 1.29 is 4.79 Å². The molecule has 0 saturated carbocycles. The largest absolute Gasteiger partial charge is 0.341 e. The molecular weight excluding hydrogens is 545 g/mol. The topological polar surface area (TPSA) is 25.2 Å². The number of anilines is 3. The van der Waals surface area contributed by atoms with Crippen molar-refractivity contribution in [1.82, 2.24) is 4.57 Å². The number of aldehydes is 1. The van der Waals surface area contributed by atoms with E-state index in [0.717, 1.165) is 46.4 Å². The van der Waals surface area contributed by atoms with E-state index < -0.39 is 0 Å². The van der Waals surface area contributed by atoms with Gasteiger partial charge in [-0.05, 0) is 103 Å². The Labute approximate surface area is 255 Å². The number of carbonyl (C=O) groups is 1. The Kier molecular flexibility index (Phi) is 7.20. The summed E-state index contributed by atoms with van der Waals surface area (Å²) in [6.07, 6.45) is 5.28. The van der Waals surface area contributed by atoms with Gasteiger partial charge in [-0.1, -0.05) is 60.7 Å². The third kappa shape index (κ3) is 5.18. The van der Waals surface area contributed by atoms with E-state index in [9.17, 15) is 4.79 Å². The Morgan fingerprint density at radius 3 is 1.81 bits per heavy atom. The molecule has 208 valence electrons. The highest BCUT2D eigenvalue weighted by Gasteiger charge is 2.13. The summed E-state index contributed by atoms with van der Waals surface area (Å²) < 4.78 is 2.31. The predicted molar refractivity (Wildman–Crippen MR) is 184 cm³/mol. The molecule has 0 saturated heterocycles. The number of thiophene rings is 1. The van der Waals surface area contributed by atoms with Crippen molar-refractivity contribution in [1.29, 1.82) is 0 Å². The SMILES string of the molecule is CCn1c2ccc(C=O)cc2c2cc(C=Cc3ccc(-c4ccc(N(c5ccccc5)c5ccccc5)cc4)s3)ccc21. The Balaban J connectivity index is 1.15. The maximum atomic E-state index is 11.4. The number of hydrogen-bond acceptors (Lipinski definition) is 3. The highest BCUT2D eigenvalue weighted by molar-refractivity contribution is 7.16. The van der Waals surface area contributed by atoms with Gasteiger partial charge in [0.15, 0.2) is 0 Å². The van der Waals surface area contributed by atoms with E-state index in [-0.39, 0.29) is 0 Å². The molecule has 0 bridgehead atoms. The van der Waals surface area contributed by atoms with Crippen LogP contribution >= 0.6 is 11.3 Å². The minimum atomic E-state index is 0.704. The summed E-state index contributed by atoms with van der Waals surface area (Å²) in [5.41, 5.74) is 8.79. The number of nitrogens with zero attached hydrogens (tertiary/aromatic N) is 2. The van der Waals surface area contributed by atoms with Crippen molar-refractivity contribution in [2.45, 2.75) is 13.5 Å². The van der Waals surface area contributed by atoms with Gasteiger partial charge in [0.25, 0.3) is 0 Å². The molecule has 4 heteroatoms. The van der Waals surface area contributed by atoms with E-state index in [1.54, 1.807) is 11.3 Å². The standard InChI is InChI=1S/C39H30N2OS/c1-2-40-37-22-14-28(25-35(37)36-26-29(27-42)15-23-38(36)40)13-20-34-21-24-39(43-34)30-16-18-33(19-17-30)41(31-9-5-3-6-10-31)32-11-7-4-8-12-32/h3-27H,2H2,1H3. The molecule has 0 unspecified atom stereocenters. The summed E-state index contributed by atoms with van der Waals surface area (Å²) in [6.45, 7) is 3.04. The average Bonchev–Trinajstić information content (AvgIpc) is 3.67. The Bertz CT molecular complexity index is 2030. The molecule has 5 aromatic carbocycles. The fourth-order valence-corrected chi connectivity index (χ4v) is 6.73. The second-order valence-electron chi connectivity index (χ2n) is 10.5. The molecule has 0 aliphatic rings. The third-order valence-corrected chi connectivity index (χ3v) is 8.97. The Hall–Kier alpha value is -5.19. The monoisotopic (exact) mass is 574 g/mol. The minimum absolute atomic E-state index is 0.704. The molecule has 0 spiro atoms. The van der Waals surface area contributed by atoms with Crippen LogP contribution < -0.4 is 4.90 Å². The van der Waals surface area contributed by atoms with Crippen LogP contribution in [0.1, 0.15) is 27.7 Å². The molecule has 3 nitrogen and oxygen atoms in total. The first-order valence-corrected chi connectivity index (χ1v) is 15.3. The zero-order valence-electron chi connectivity index (χ0n) is 23.9.